The Balaban J connectivity index is 2.43. The van der Waals surface area contributed by atoms with Gasteiger partial charge >= 0.3 is 6.18 Å². The van der Waals surface area contributed by atoms with Crippen molar-refractivity contribution in [2.45, 2.75) is 6.18 Å². The van der Waals surface area contributed by atoms with Crippen molar-refractivity contribution in [2.24, 2.45) is 0 Å². The second-order valence-corrected chi connectivity index (χ2v) is 3.50. The van der Waals surface area contributed by atoms with E-state index in [9.17, 15) is 22.4 Å². The maximum Gasteiger partial charge on any atom is 0.419 e. The number of nitrogens with one attached hydrogen (secondary N) is 1. The number of aromatic amines is 1. The predicted molar refractivity (Wildman–Crippen MR) is 54.4 cm³/mol. The largest absolute Gasteiger partial charge is 0.419 e. The molecule has 0 fully saturated rings. The molecule has 0 saturated carbocycles. The van der Waals surface area contributed by atoms with E-state index < -0.39 is 17.6 Å². The van der Waals surface area contributed by atoms with Crippen molar-refractivity contribution in [3.05, 3.63) is 41.5 Å². The third kappa shape index (κ3) is 2.24. The first kappa shape index (κ1) is 12.3. The SMILES string of the molecule is O=Cc1cnc(-c2ccc(C(F)(F)F)c(F)c2)[nH]1. The molecule has 3 nitrogen and oxygen atoms in total. The molecule has 0 saturated heterocycles. The van der Waals surface area contributed by atoms with Gasteiger partial charge < -0.3 is 4.98 Å². The standard InChI is InChI=1S/C11H6F4N2O/c12-9-3-6(1-2-8(9)11(13,14)15)10-16-4-7(5-18)17-10/h1-5H,(H,16,17). The molecule has 2 rings (SSSR count). The van der Waals surface area contributed by atoms with E-state index in [4.69, 9.17) is 0 Å². The van der Waals surface area contributed by atoms with E-state index in [1.54, 1.807) is 0 Å². The van der Waals surface area contributed by atoms with Crippen molar-refractivity contribution in [3.8, 4) is 11.4 Å². The van der Waals surface area contributed by atoms with E-state index in [2.05, 4.69) is 9.97 Å². The molecule has 0 aliphatic carbocycles. The molecule has 0 unspecified atom stereocenters. The number of nitrogens with zero attached hydrogens (tertiary/aromatic N) is 1. The second kappa shape index (κ2) is 4.25. The molecule has 1 aromatic carbocycles. The van der Waals surface area contributed by atoms with Gasteiger partial charge in [-0.2, -0.15) is 13.2 Å². The van der Waals surface area contributed by atoms with Crippen LogP contribution in [0.1, 0.15) is 16.1 Å². The Bertz CT molecular complexity index is 589. The maximum atomic E-state index is 13.3. The number of hydrogen-bond acceptors (Lipinski definition) is 2. The number of rotatable bonds is 2. The number of imidazole rings is 1. The Kier molecular flexibility index (Phi) is 2.90. The van der Waals surface area contributed by atoms with E-state index in [0.29, 0.717) is 12.4 Å². The molecule has 0 bridgehead atoms. The van der Waals surface area contributed by atoms with Crippen LogP contribution in [0, 0.1) is 5.82 Å². The van der Waals surface area contributed by atoms with Gasteiger partial charge in [0.15, 0.2) is 6.29 Å². The van der Waals surface area contributed by atoms with Gasteiger partial charge in [-0.3, -0.25) is 4.79 Å². The zero-order valence-electron chi connectivity index (χ0n) is 8.75. The van der Waals surface area contributed by atoms with Crippen LogP contribution in [0.15, 0.2) is 24.4 Å². The molecule has 0 aliphatic heterocycles. The minimum atomic E-state index is -4.74. The van der Waals surface area contributed by atoms with E-state index in [1.165, 1.54) is 6.20 Å². The Morgan fingerprint density at radius 1 is 1.28 bits per heavy atom. The zero-order valence-corrected chi connectivity index (χ0v) is 8.75. The van der Waals surface area contributed by atoms with Crippen molar-refractivity contribution in [3.63, 3.8) is 0 Å². The third-order valence-electron chi connectivity index (χ3n) is 2.27. The predicted octanol–water partition coefficient (Wildman–Crippen LogP) is 3.05. The highest BCUT2D eigenvalue weighted by Crippen LogP contribution is 2.32. The summed E-state index contributed by atoms with van der Waals surface area (Å²) in [6.07, 6.45) is -3.03. The molecule has 94 valence electrons. The quantitative estimate of drug-likeness (QED) is 0.664. The highest BCUT2D eigenvalue weighted by molar-refractivity contribution is 5.73. The minimum Gasteiger partial charge on any atom is -0.336 e. The van der Waals surface area contributed by atoms with Crippen LogP contribution in [0.2, 0.25) is 0 Å². The molecule has 1 N–H and O–H groups in total. The van der Waals surface area contributed by atoms with Crippen LogP contribution in [0.25, 0.3) is 11.4 Å². The third-order valence-corrected chi connectivity index (χ3v) is 2.27. The summed E-state index contributed by atoms with van der Waals surface area (Å²) in [5.41, 5.74) is -1.05. The summed E-state index contributed by atoms with van der Waals surface area (Å²) in [6, 6.07) is 2.43. The average molecular weight is 258 g/mol. The van der Waals surface area contributed by atoms with Crippen LogP contribution in [0.5, 0.6) is 0 Å². The fourth-order valence-corrected chi connectivity index (χ4v) is 1.43. The molecule has 2 aromatic rings. The lowest BCUT2D eigenvalue weighted by Crippen LogP contribution is -2.07. The number of aromatic nitrogens is 2. The summed E-state index contributed by atoms with van der Waals surface area (Å²) < 4.78 is 50.3. The lowest BCUT2D eigenvalue weighted by Gasteiger charge is -2.08. The second-order valence-electron chi connectivity index (χ2n) is 3.50. The lowest BCUT2D eigenvalue weighted by atomic mass is 10.1. The first-order valence-electron chi connectivity index (χ1n) is 4.79. The van der Waals surface area contributed by atoms with Crippen molar-refractivity contribution in [1.29, 1.82) is 0 Å². The van der Waals surface area contributed by atoms with Crippen LogP contribution in [0.3, 0.4) is 0 Å². The molecule has 1 heterocycles. The number of aldehydes is 1. The number of benzene rings is 1. The highest BCUT2D eigenvalue weighted by Gasteiger charge is 2.34. The Morgan fingerprint density at radius 3 is 2.50 bits per heavy atom. The van der Waals surface area contributed by atoms with E-state index >= 15 is 0 Å². The minimum absolute atomic E-state index is 0.129. The molecular formula is C11H6F4N2O. The summed E-state index contributed by atoms with van der Waals surface area (Å²) in [4.78, 5) is 16.7. The molecule has 18 heavy (non-hydrogen) atoms. The van der Waals surface area contributed by atoms with Gasteiger partial charge in [-0.25, -0.2) is 9.37 Å². The number of H-pyrrole nitrogens is 1. The smallest absolute Gasteiger partial charge is 0.336 e. The van der Waals surface area contributed by atoms with Gasteiger partial charge in [-0.15, -0.1) is 0 Å². The van der Waals surface area contributed by atoms with Gasteiger partial charge in [0.05, 0.1) is 17.5 Å². The lowest BCUT2D eigenvalue weighted by molar-refractivity contribution is -0.139. The number of alkyl halides is 3. The highest BCUT2D eigenvalue weighted by atomic mass is 19.4. The molecule has 0 spiro atoms. The van der Waals surface area contributed by atoms with Gasteiger partial charge in [-0.05, 0) is 12.1 Å². The number of carbonyl (C=O) groups is 1. The fraction of sp³-hybridized carbons (Fsp3) is 0.0909. The molecular weight excluding hydrogens is 252 g/mol. The Labute approximate surface area is 98.5 Å². The average Bonchev–Trinajstić information content (AvgIpc) is 2.75. The van der Waals surface area contributed by atoms with E-state index in [1.807, 2.05) is 0 Å². The van der Waals surface area contributed by atoms with Crippen molar-refractivity contribution in [1.82, 2.24) is 9.97 Å². The Hall–Kier alpha value is -2.18. The molecule has 7 heteroatoms. The van der Waals surface area contributed by atoms with Crippen molar-refractivity contribution in [2.75, 3.05) is 0 Å². The van der Waals surface area contributed by atoms with Gasteiger partial charge in [-0.1, -0.05) is 6.07 Å². The van der Waals surface area contributed by atoms with Crippen LogP contribution in [0.4, 0.5) is 17.6 Å². The van der Waals surface area contributed by atoms with Crippen LogP contribution in [-0.4, -0.2) is 16.3 Å². The van der Waals surface area contributed by atoms with Gasteiger partial charge in [0.2, 0.25) is 0 Å². The summed E-state index contributed by atoms with van der Waals surface area (Å²) in [5, 5.41) is 0. The van der Waals surface area contributed by atoms with Gasteiger partial charge in [0, 0.05) is 5.56 Å². The number of halogens is 4. The monoisotopic (exact) mass is 258 g/mol. The van der Waals surface area contributed by atoms with Crippen LogP contribution < -0.4 is 0 Å². The molecule has 1 aromatic heterocycles. The van der Waals surface area contributed by atoms with Gasteiger partial charge in [0.25, 0.3) is 0 Å². The molecule has 0 atom stereocenters. The molecule has 0 aliphatic rings. The molecule has 0 amide bonds. The topological polar surface area (TPSA) is 45.8 Å². The summed E-state index contributed by atoms with van der Waals surface area (Å²) in [5.74, 6) is -1.26. The van der Waals surface area contributed by atoms with Crippen LogP contribution in [-0.2, 0) is 6.18 Å². The normalized spacial score (nSPS) is 11.6. The first-order valence-corrected chi connectivity index (χ1v) is 4.79. The maximum absolute atomic E-state index is 13.3. The summed E-state index contributed by atoms with van der Waals surface area (Å²) in [6.45, 7) is 0. The van der Waals surface area contributed by atoms with Gasteiger partial charge in [0.1, 0.15) is 11.6 Å². The summed E-state index contributed by atoms with van der Waals surface area (Å²) >= 11 is 0. The number of carbonyl (C=O) groups excluding carboxylic acids is 1. The molecule has 0 radical (unpaired) electrons. The summed E-state index contributed by atoms with van der Waals surface area (Å²) in [7, 11) is 0. The zero-order chi connectivity index (χ0) is 13.3. The Morgan fingerprint density at radius 2 is 2.00 bits per heavy atom. The van der Waals surface area contributed by atoms with Crippen molar-refractivity contribution >= 4 is 6.29 Å². The fourth-order valence-electron chi connectivity index (χ4n) is 1.43. The van der Waals surface area contributed by atoms with Crippen molar-refractivity contribution < 1.29 is 22.4 Å². The van der Waals surface area contributed by atoms with E-state index in [-0.39, 0.29) is 17.1 Å². The first-order chi connectivity index (χ1) is 8.41. The van der Waals surface area contributed by atoms with Crippen LogP contribution >= 0.6 is 0 Å². The number of hydrogen-bond donors (Lipinski definition) is 1. The van der Waals surface area contributed by atoms with E-state index in [0.717, 1.165) is 12.1 Å².